The number of rotatable bonds is 3. The first kappa shape index (κ1) is 13.6. The molecule has 2 N–H and O–H groups in total. The Morgan fingerprint density at radius 2 is 2.29 bits per heavy atom. The molecule has 0 spiro atoms. The van der Waals surface area contributed by atoms with Gasteiger partial charge in [0, 0.05) is 5.70 Å². The summed E-state index contributed by atoms with van der Waals surface area (Å²) in [5.74, 6) is -0.263. The number of allylic oxidation sites excluding steroid dienone is 2. The van der Waals surface area contributed by atoms with Gasteiger partial charge in [0.1, 0.15) is 12.6 Å². The number of hydrogen-bond acceptors (Lipinski definition) is 4. The molecule has 0 aliphatic carbocycles. The molecule has 0 aromatic rings. The summed E-state index contributed by atoms with van der Waals surface area (Å²) in [6.45, 7) is 3.46. The van der Waals surface area contributed by atoms with Crippen LogP contribution >= 0.6 is 0 Å². The number of hydrogen-bond donors (Lipinski definition) is 2. The predicted octanol–water partition coefficient (Wildman–Crippen LogP) is -1.15. The molecule has 1 unspecified atom stereocenters. The fourth-order valence-electron chi connectivity index (χ4n) is 1.07. The molecule has 1 saturated heterocycles. The van der Waals surface area contributed by atoms with Crippen LogP contribution in [-0.4, -0.2) is 53.9 Å². The van der Waals surface area contributed by atoms with Gasteiger partial charge in [-0.25, -0.2) is 5.48 Å². The summed E-state index contributed by atoms with van der Waals surface area (Å²) in [6, 6.07) is -0.393. The van der Waals surface area contributed by atoms with Gasteiger partial charge < -0.3 is 5.32 Å². The molecule has 0 aromatic carbocycles. The average molecular weight is 208 g/mol. The Hall–Kier alpha value is -0.360. The number of amides is 1. The van der Waals surface area contributed by atoms with Crippen LogP contribution in [0.3, 0.4) is 0 Å². The summed E-state index contributed by atoms with van der Waals surface area (Å²) in [4.78, 5) is 26.3. The number of carbonyl (C=O) groups excluding carboxylic acids is 2. The monoisotopic (exact) mass is 208 g/mol. The maximum absolute atomic E-state index is 11.0. The summed E-state index contributed by atoms with van der Waals surface area (Å²) >= 11 is 0. The minimum atomic E-state index is -0.393. The van der Waals surface area contributed by atoms with E-state index in [1.807, 2.05) is 0 Å². The van der Waals surface area contributed by atoms with Crippen molar-refractivity contribution < 1.29 is 14.4 Å². The maximum atomic E-state index is 11.0. The first-order valence-corrected chi connectivity index (χ1v) is 3.96. The van der Waals surface area contributed by atoms with Gasteiger partial charge >= 0.3 is 29.6 Å². The van der Waals surface area contributed by atoms with Crippen molar-refractivity contribution in [1.82, 2.24) is 10.8 Å². The van der Waals surface area contributed by atoms with Gasteiger partial charge in [0.15, 0.2) is 5.78 Å². The average Bonchev–Trinajstić information content (AvgIpc) is 2.34. The van der Waals surface area contributed by atoms with Gasteiger partial charge in [-0.2, -0.15) is 0 Å². The standard InChI is InChI=1S/C8H12N2O3.Na.H/c1-5(3-6(2)11)9-7-4-13-10-8(7)12;;/h3,7,9H,4H2,1-2H3,(H,10,12);;. The second-order valence-corrected chi connectivity index (χ2v) is 2.91. The van der Waals surface area contributed by atoms with Crippen LogP contribution in [0.4, 0.5) is 0 Å². The van der Waals surface area contributed by atoms with E-state index in [9.17, 15) is 9.59 Å². The predicted molar refractivity (Wildman–Crippen MR) is 52.6 cm³/mol. The second-order valence-electron chi connectivity index (χ2n) is 2.91. The SMILES string of the molecule is CC(=O)C=C(C)NC1CONC1=O.[NaH]. The summed E-state index contributed by atoms with van der Waals surface area (Å²) in [6.07, 6.45) is 1.44. The van der Waals surface area contributed by atoms with Gasteiger partial charge in [-0.3, -0.25) is 14.4 Å². The zero-order valence-electron chi connectivity index (χ0n) is 7.59. The van der Waals surface area contributed by atoms with Crippen LogP contribution in [0.1, 0.15) is 13.8 Å². The minimum absolute atomic E-state index is 0. The van der Waals surface area contributed by atoms with Crippen LogP contribution in [0, 0.1) is 0 Å². The van der Waals surface area contributed by atoms with Crippen molar-refractivity contribution in [2.45, 2.75) is 19.9 Å². The van der Waals surface area contributed by atoms with E-state index in [1.54, 1.807) is 6.92 Å². The fraction of sp³-hybridized carbons (Fsp3) is 0.500. The molecular weight excluding hydrogens is 195 g/mol. The molecule has 1 heterocycles. The quantitative estimate of drug-likeness (QED) is 0.454. The Kier molecular flexibility index (Phi) is 6.03. The fourth-order valence-corrected chi connectivity index (χ4v) is 1.07. The molecule has 5 nitrogen and oxygen atoms in total. The van der Waals surface area contributed by atoms with Crippen LogP contribution in [0.2, 0.25) is 0 Å². The van der Waals surface area contributed by atoms with Crippen molar-refractivity contribution in [3.05, 3.63) is 11.8 Å². The number of carbonyl (C=O) groups is 2. The van der Waals surface area contributed by atoms with E-state index in [-0.39, 0.29) is 47.9 Å². The Morgan fingerprint density at radius 1 is 1.64 bits per heavy atom. The van der Waals surface area contributed by atoms with Crippen LogP contribution in [0.15, 0.2) is 11.8 Å². The van der Waals surface area contributed by atoms with Crippen molar-refractivity contribution >= 4 is 41.2 Å². The molecule has 1 aliphatic rings. The molecular formula is C8H13N2NaO3. The Morgan fingerprint density at radius 3 is 2.71 bits per heavy atom. The van der Waals surface area contributed by atoms with Crippen LogP contribution < -0.4 is 10.8 Å². The zero-order chi connectivity index (χ0) is 9.84. The molecule has 1 amide bonds. The summed E-state index contributed by atoms with van der Waals surface area (Å²) in [5.41, 5.74) is 2.88. The van der Waals surface area contributed by atoms with E-state index in [1.165, 1.54) is 13.0 Å². The third kappa shape index (κ3) is 4.23. The van der Waals surface area contributed by atoms with Crippen molar-refractivity contribution in [3.8, 4) is 0 Å². The third-order valence-corrected chi connectivity index (χ3v) is 1.56. The van der Waals surface area contributed by atoms with Gasteiger partial charge in [-0.05, 0) is 19.9 Å². The number of nitrogens with one attached hydrogen (secondary N) is 2. The normalized spacial score (nSPS) is 21.1. The van der Waals surface area contributed by atoms with E-state index in [4.69, 9.17) is 4.84 Å². The van der Waals surface area contributed by atoms with Gasteiger partial charge in [-0.1, -0.05) is 0 Å². The second kappa shape index (κ2) is 6.19. The zero-order valence-corrected chi connectivity index (χ0v) is 7.59. The topological polar surface area (TPSA) is 67.4 Å². The summed E-state index contributed by atoms with van der Waals surface area (Å²) < 4.78 is 0. The van der Waals surface area contributed by atoms with Crippen LogP contribution in [-0.2, 0) is 14.4 Å². The molecule has 0 aromatic heterocycles. The molecule has 14 heavy (non-hydrogen) atoms. The van der Waals surface area contributed by atoms with Crippen LogP contribution in [0.5, 0.6) is 0 Å². The van der Waals surface area contributed by atoms with E-state index in [0.717, 1.165) is 0 Å². The summed E-state index contributed by atoms with van der Waals surface area (Å²) in [7, 11) is 0. The van der Waals surface area contributed by atoms with Crippen molar-refractivity contribution in [2.24, 2.45) is 0 Å². The molecule has 1 fully saturated rings. The van der Waals surface area contributed by atoms with Gasteiger partial charge in [0.25, 0.3) is 5.91 Å². The molecule has 6 heteroatoms. The van der Waals surface area contributed by atoms with E-state index in [0.29, 0.717) is 5.70 Å². The van der Waals surface area contributed by atoms with Gasteiger partial charge in [-0.15, -0.1) is 0 Å². The number of ketones is 1. The molecule has 1 aliphatic heterocycles. The van der Waals surface area contributed by atoms with Crippen LogP contribution in [0.25, 0.3) is 0 Å². The molecule has 1 rings (SSSR count). The van der Waals surface area contributed by atoms with Gasteiger partial charge in [0.2, 0.25) is 0 Å². The van der Waals surface area contributed by atoms with Crippen molar-refractivity contribution in [2.75, 3.05) is 6.61 Å². The van der Waals surface area contributed by atoms with E-state index in [2.05, 4.69) is 10.8 Å². The molecule has 1 atom stereocenters. The Bertz CT molecular complexity index is 265. The Balaban J connectivity index is 0.00000169. The van der Waals surface area contributed by atoms with Crippen molar-refractivity contribution in [1.29, 1.82) is 0 Å². The Labute approximate surface area is 105 Å². The van der Waals surface area contributed by atoms with E-state index >= 15 is 0 Å². The molecule has 0 bridgehead atoms. The molecule has 0 radical (unpaired) electrons. The number of hydroxylamine groups is 1. The summed E-state index contributed by atoms with van der Waals surface area (Å²) in [5, 5.41) is 2.86. The third-order valence-electron chi connectivity index (χ3n) is 1.56. The molecule has 74 valence electrons. The first-order valence-electron chi connectivity index (χ1n) is 3.96. The van der Waals surface area contributed by atoms with Gasteiger partial charge in [0.05, 0.1) is 0 Å². The van der Waals surface area contributed by atoms with Crippen molar-refractivity contribution in [3.63, 3.8) is 0 Å². The molecule has 0 saturated carbocycles. The first-order chi connectivity index (χ1) is 6.09. The van der Waals surface area contributed by atoms with E-state index < -0.39 is 6.04 Å².